The molecule has 0 rings (SSSR count). The Morgan fingerprint density at radius 3 is 2.24 bits per heavy atom. The summed E-state index contributed by atoms with van der Waals surface area (Å²) >= 11 is 0. The van der Waals surface area contributed by atoms with Gasteiger partial charge in [-0.15, -0.1) is 0 Å². The molecule has 0 radical (unpaired) electrons. The van der Waals surface area contributed by atoms with Gasteiger partial charge in [0, 0.05) is 39.4 Å². The maximum Gasteiger partial charge on any atom is 0.0823 e. The summed E-state index contributed by atoms with van der Waals surface area (Å²) in [5.74, 6) is 0. The molecule has 4 nitrogen and oxygen atoms in total. The lowest BCUT2D eigenvalue weighted by Gasteiger charge is -2.33. The van der Waals surface area contributed by atoms with E-state index in [0.29, 0.717) is 12.6 Å². The lowest BCUT2D eigenvalue weighted by Crippen LogP contribution is -2.44. The number of ether oxygens (including phenoxy) is 2. The van der Waals surface area contributed by atoms with E-state index in [9.17, 15) is 0 Å². The van der Waals surface area contributed by atoms with Crippen LogP contribution in [0.1, 0.15) is 33.6 Å². The molecule has 0 saturated heterocycles. The van der Waals surface area contributed by atoms with Crippen LogP contribution in [0.2, 0.25) is 0 Å². The minimum absolute atomic E-state index is 0.137. The number of rotatable bonds is 11. The topological polar surface area (TPSA) is 47.7 Å². The summed E-state index contributed by atoms with van der Waals surface area (Å²) in [5, 5.41) is 0. The van der Waals surface area contributed by atoms with E-state index in [1.807, 2.05) is 6.92 Å². The molecule has 0 saturated carbocycles. The van der Waals surface area contributed by atoms with E-state index in [4.69, 9.17) is 15.2 Å². The first-order chi connectivity index (χ1) is 8.23. The van der Waals surface area contributed by atoms with Crippen molar-refractivity contribution in [3.8, 4) is 0 Å². The van der Waals surface area contributed by atoms with Crippen LogP contribution < -0.4 is 5.73 Å². The molecule has 1 unspecified atom stereocenters. The van der Waals surface area contributed by atoms with E-state index in [1.165, 1.54) is 0 Å². The zero-order chi connectivity index (χ0) is 13.1. The van der Waals surface area contributed by atoms with Crippen molar-refractivity contribution in [3.63, 3.8) is 0 Å². The number of nitrogens with zero attached hydrogens (tertiary/aromatic N) is 1. The van der Waals surface area contributed by atoms with Crippen molar-refractivity contribution in [3.05, 3.63) is 0 Å². The molecule has 17 heavy (non-hydrogen) atoms. The number of methoxy groups -OCH3 is 1. The Morgan fingerprint density at radius 2 is 1.82 bits per heavy atom. The first kappa shape index (κ1) is 16.8. The van der Waals surface area contributed by atoms with Crippen LogP contribution in [0.25, 0.3) is 0 Å². The average molecular weight is 246 g/mol. The van der Waals surface area contributed by atoms with Crippen molar-refractivity contribution in [1.82, 2.24) is 4.90 Å². The molecule has 0 aromatic carbocycles. The quantitative estimate of drug-likeness (QED) is 0.600. The number of hydrogen-bond acceptors (Lipinski definition) is 4. The molecule has 0 spiro atoms. The molecule has 0 aliphatic rings. The minimum Gasteiger partial charge on any atom is -0.383 e. The van der Waals surface area contributed by atoms with Crippen molar-refractivity contribution in [2.24, 2.45) is 5.73 Å². The molecule has 0 aromatic heterocycles. The van der Waals surface area contributed by atoms with E-state index < -0.39 is 0 Å². The fraction of sp³-hybridized carbons (Fsp3) is 1.00. The Labute approximate surface area is 106 Å². The van der Waals surface area contributed by atoms with Crippen molar-refractivity contribution < 1.29 is 9.47 Å². The number of hydrogen-bond donors (Lipinski definition) is 1. The van der Waals surface area contributed by atoms with Gasteiger partial charge >= 0.3 is 0 Å². The Kier molecular flexibility index (Phi) is 10.9. The van der Waals surface area contributed by atoms with E-state index in [1.54, 1.807) is 7.11 Å². The second-order valence-corrected chi connectivity index (χ2v) is 4.27. The summed E-state index contributed by atoms with van der Waals surface area (Å²) in [7, 11) is 1.74. The summed E-state index contributed by atoms with van der Waals surface area (Å²) in [4.78, 5) is 2.44. The third-order valence-corrected chi connectivity index (χ3v) is 3.14. The smallest absolute Gasteiger partial charge is 0.0823 e. The second-order valence-electron chi connectivity index (χ2n) is 4.27. The molecule has 2 N–H and O–H groups in total. The number of nitrogens with two attached hydrogens (primary N) is 1. The van der Waals surface area contributed by atoms with Gasteiger partial charge in [-0.1, -0.05) is 13.8 Å². The molecule has 0 fully saturated rings. The standard InChI is InChI=1S/C13H30N2O2/c1-5-12(6-2)15(8-9-16-4)11-13(10-14)17-7-3/h12-13H,5-11,14H2,1-4H3. The van der Waals surface area contributed by atoms with Gasteiger partial charge in [0.2, 0.25) is 0 Å². The van der Waals surface area contributed by atoms with Gasteiger partial charge in [-0.3, -0.25) is 4.90 Å². The summed E-state index contributed by atoms with van der Waals surface area (Å²) in [6.45, 7) is 10.4. The van der Waals surface area contributed by atoms with Gasteiger partial charge in [0.1, 0.15) is 0 Å². The third kappa shape index (κ3) is 6.99. The van der Waals surface area contributed by atoms with Crippen molar-refractivity contribution >= 4 is 0 Å². The molecule has 104 valence electrons. The van der Waals surface area contributed by atoms with Crippen LogP contribution in [0.5, 0.6) is 0 Å². The van der Waals surface area contributed by atoms with Crippen LogP contribution in [-0.4, -0.2) is 57.0 Å². The highest BCUT2D eigenvalue weighted by Crippen LogP contribution is 2.10. The largest absolute Gasteiger partial charge is 0.383 e. The van der Waals surface area contributed by atoms with Crippen LogP contribution in [0, 0.1) is 0 Å². The normalized spacial score (nSPS) is 13.6. The molecule has 0 bridgehead atoms. The fourth-order valence-electron chi connectivity index (χ4n) is 2.13. The highest BCUT2D eigenvalue weighted by atomic mass is 16.5. The summed E-state index contributed by atoms with van der Waals surface area (Å²) in [5.41, 5.74) is 5.74. The van der Waals surface area contributed by atoms with Crippen molar-refractivity contribution in [1.29, 1.82) is 0 Å². The van der Waals surface area contributed by atoms with Crippen LogP contribution in [0.15, 0.2) is 0 Å². The molecular weight excluding hydrogens is 216 g/mol. The minimum atomic E-state index is 0.137. The van der Waals surface area contributed by atoms with Gasteiger partial charge in [0.25, 0.3) is 0 Å². The van der Waals surface area contributed by atoms with Gasteiger partial charge in [0.05, 0.1) is 12.7 Å². The van der Waals surface area contributed by atoms with Gasteiger partial charge in [-0.05, 0) is 19.8 Å². The van der Waals surface area contributed by atoms with E-state index in [2.05, 4.69) is 18.7 Å². The maximum absolute atomic E-state index is 5.74. The Morgan fingerprint density at radius 1 is 1.18 bits per heavy atom. The fourth-order valence-corrected chi connectivity index (χ4v) is 2.13. The molecule has 1 atom stereocenters. The summed E-state index contributed by atoms with van der Waals surface area (Å²) in [6.07, 6.45) is 2.45. The first-order valence-electron chi connectivity index (χ1n) is 6.77. The molecule has 0 aromatic rings. The van der Waals surface area contributed by atoms with Crippen LogP contribution in [0.4, 0.5) is 0 Å². The van der Waals surface area contributed by atoms with Gasteiger partial charge in [-0.2, -0.15) is 0 Å². The van der Waals surface area contributed by atoms with Gasteiger partial charge < -0.3 is 15.2 Å². The molecule has 0 heterocycles. The van der Waals surface area contributed by atoms with E-state index >= 15 is 0 Å². The highest BCUT2D eigenvalue weighted by molar-refractivity contribution is 4.74. The zero-order valence-electron chi connectivity index (χ0n) is 11.9. The molecular formula is C13H30N2O2. The highest BCUT2D eigenvalue weighted by Gasteiger charge is 2.19. The molecule has 0 aliphatic carbocycles. The van der Waals surface area contributed by atoms with Crippen molar-refractivity contribution in [2.75, 3.05) is 40.0 Å². The lowest BCUT2D eigenvalue weighted by atomic mass is 10.1. The van der Waals surface area contributed by atoms with E-state index in [-0.39, 0.29) is 6.10 Å². The van der Waals surface area contributed by atoms with E-state index in [0.717, 1.165) is 39.1 Å². The first-order valence-corrected chi connectivity index (χ1v) is 6.77. The Balaban J connectivity index is 4.32. The zero-order valence-corrected chi connectivity index (χ0v) is 11.9. The van der Waals surface area contributed by atoms with Crippen LogP contribution in [-0.2, 0) is 9.47 Å². The third-order valence-electron chi connectivity index (χ3n) is 3.14. The van der Waals surface area contributed by atoms with Crippen molar-refractivity contribution in [2.45, 2.75) is 45.8 Å². The Bertz CT molecular complexity index is 163. The Hall–Kier alpha value is -0.160. The maximum atomic E-state index is 5.74. The summed E-state index contributed by atoms with van der Waals surface area (Å²) < 4.78 is 10.8. The monoisotopic (exact) mass is 246 g/mol. The average Bonchev–Trinajstić information content (AvgIpc) is 2.36. The lowest BCUT2D eigenvalue weighted by molar-refractivity contribution is 0.0175. The second kappa shape index (κ2) is 11.0. The van der Waals surface area contributed by atoms with Crippen LogP contribution in [0.3, 0.4) is 0 Å². The van der Waals surface area contributed by atoms with Gasteiger partial charge in [0.15, 0.2) is 0 Å². The van der Waals surface area contributed by atoms with Gasteiger partial charge in [-0.25, -0.2) is 0 Å². The predicted octanol–water partition coefficient (Wildman–Crippen LogP) is 1.49. The molecule has 0 amide bonds. The summed E-state index contributed by atoms with van der Waals surface area (Å²) in [6, 6.07) is 0.597. The molecule has 4 heteroatoms. The molecule has 0 aliphatic heterocycles. The van der Waals surface area contributed by atoms with Crippen LogP contribution >= 0.6 is 0 Å². The predicted molar refractivity (Wildman–Crippen MR) is 72.3 cm³/mol. The SMILES string of the molecule is CCOC(CN)CN(CCOC)C(CC)CC.